The molecule has 0 saturated carbocycles. The lowest BCUT2D eigenvalue weighted by Crippen LogP contribution is -2.47. The van der Waals surface area contributed by atoms with Gasteiger partial charge in [-0.05, 0) is 37.1 Å². The fraction of sp³-hybridized carbons (Fsp3) is 0.273. The Morgan fingerprint density at radius 2 is 1.36 bits per heavy atom. The Hall–Kier alpha value is -3.28. The minimum absolute atomic E-state index is 0.424. The largest absolute Gasteiger partial charge is 0.383 e. The van der Waals surface area contributed by atoms with Crippen LogP contribution in [0.25, 0.3) is 11.1 Å². The van der Waals surface area contributed by atoms with Crippen LogP contribution in [0.1, 0.15) is 11.1 Å². The maximum Gasteiger partial charge on any atom is 0.229 e. The Morgan fingerprint density at radius 3 is 1.96 bits per heavy atom. The van der Waals surface area contributed by atoms with Gasteiger partial charge in [0.1, 0.15) is 11.6 Å². The Labute approximate surface area is 165 Å². The summed E-state index contributed by atoms with van der Waals surface area (Å²) in [5.74, 6) is 1.45. The summed E-state index contributed by atoms with van der Waals surface area (Å²) >= 11 is 0. The van der Waals surface area contributed by atoms with Gasteiger partial charge in [-0.3, -0.25) is 0 Å². The molecule has 1 aliphatic rings. The van der Waals surface area contributed by atoms with Crippen molar-refractivity contribution in [2.24, 2.45) is 0 Å². The molecule has 1 fully saturated rings. The molecule has 144 valence electrons. The zero-order valence-electron chi connectivity index (χ0n) is 16.4. The van der Waals surface area contributed by atoms with Gasteiger partial charge >= 0.3 is 0 Å². The number of aromatic nitrogens is 2. The molecule has 1 aromatic heterocycles. The summed E-state index contributed by atoms with van der Waals surface area (Å²) in [5.41, 5.74) is 17.9. The highest BCUT2D eigenvalue weighted by molar-refractivity contribution is 5.83. The molecule has 0 radical (unpaired) electrons. The topological polar surface area (TPSA) is 84.3 Å². The van der Waals surface area contributed by atoms with Crippen LogP contribution >= 0.6 is 0 Å². The molecule has 1 saturated heterocycles. The number of benzene rings is 2. The van der Waals surface area contributed by atoms with E-state index in [-0.39, 0.29) is 0 Å². The van der Waals surface area contributed by atoms with E-state index in [9.17, 15) is 0 Å². The second-order valence-corrected chi connectivity index (χ2v) is 7.35. The fourth-order valence-corrected chi connectivity index (χ4v) is 3.63. The van der Waals surface area contributed by atoms with Crippen LogP contribution < -0.4 is 21.3 Å². The molecule has 0 aliphatic carbocycles. The number of rotatable bonds is 3. The second-order valence-electron chi connectivity index (χ2n) is 7.35. The van der Waals surface area contributed by atoms with E-state index in [2.05, 4.69) is 51.0 Å². The first-order chi connectivity index (χ1) is 13.5. The minimum atomic E-state index is 0.424. The van der Waals surface area contributed by atoms with Crippen molar-refractivity contribution in [3.8, 4) is 11.1 Å². The third kappa shape index (κ3) is 3.58. The first-order valence-electron chi connectivity index (χ1n) is 9.58. The van der Waals surface area contributed by atoms with E-state index < -0.39 is 0 Å². The molecule has 6 nitrogen and oxygen atoms in total. The van der Waals surface area contributed by atoms with Crippen molar-refractivity contribution >= 4 is 23.3 Å². The third-order valence-electron chi connectivity index (χ3n) is 5.22. The van der Waals surface area contributed by atoms with Crippen LogP contribution in [-0.2, 0) is 0 Å². The van der Waals surface area contributed by atoms with Gasteiger partial charge in [0, 0.05) is 31.9 Å². The number of anilines is 4. The molecule has 0 atom stereocenters. The first-order valence-corrected chi connectivity index (χ1v) is 9.58. The van der Waals surface area contributed by atoms with Crippen LogP contribution in [0.15, 0.2) is 48.5 Å². The summed E-state index contributed by atoms with van der Waals surface area (Å²) in [6, 6.07) is 16.7. The van der Waals surface area contributed by atoms with Crippen LogP contribution in [0.5, 0.6) is 0 Å². The summed E-state index contributed by atoms with van der Waals surface area (Å²) in [5, 5.41) is 0. The zero-order chi connectivity index (χ0) is 19.7. The molecule has 0 amide bonds. The van der Waals surface area contributed by atoms with Crippen molar-refractivity contribution in [3.05, 3.63) is 59.7 Å². The molecule has 0 bridgehead atoms. The number of piperazine rings is 1. The summed E-state index contributed by atoms with van der Waals surface area (Å²) in [4.78, 5) is 13.7. The molecule has 0 unspecified atom stereocenters. The van der Waals surface area contributed by atoms with E-state index >= 15 is 0 Å². The average Bonchev–Trinajstić information content (AvgIpc) is 2.69. The highest BCUT2D eigenvalue weighted by atomic mass is 15.3. The van der Waals surface area contributed by atoms with Gasteiger partial charge in [-0.1, -0.05) is 42.0 Å². The SMILES string of the molecule is Cc1ccc(-c2c(N)nc(N3CCN(c4cccc(C)c4)CC3)nc2N)cc1. The van der Waals surface area contributed by atoms with Crippen LogP contribution in [-0.4, -0.2) is 36.1 Å². The molecule has 1 aliphatic heterocycles. The molecule has 0 spiro atoms. The molecule has 28 heavy (non-hydrogen) atoms. The van der Waals surface area contributed by atoms with Gasteiger partial charge in [0.05, 0.1) is 5.56 Å². The maximum atomic E-state index is 6.27. The minimum Gasteiger partial charge on any atom is -0.383 e. The average molecular weight is 374 g/mol. The van der Waals surface area contributed by atoms with Gasteiger partial charge in [-0.2, -0.15) is 9.97 Å². The summed E-state index contributed by atoms with van der Waals surface area (Å²) in [6.07, 6.45) is 0. The van der Waals surface area contributed by atoms with Crippen LogP contribution in [0.4, 0.5) is 23.3 Å². The first kappa shape index (κ1) is 18.1. The van der Waals surface area contributed by atoms with E-state index in [1.165, 1.54) is 16.8 Å². The van der Waals surface area contributed by atoms with Crippen LogP contribution in [0.2, 0.25) is 0 Å². The molecule has 6 heteroatoms. The smallest absolute Gasteiger partial charge is 0.229 e. The number of aryl methyl sites for hydroxylation is 2. The number of hydrogen-bond acceptors (Lipinski definition) is 6. The summed E-state index contributed by atoms with van der Waals surface area (Å²) < 4.78 is 0. The monoisotopic (exact) mass is 374 g/mol. The fourth-order valence-electron chi connectivity index (χ4n) is 3.63. The van der Waals surface area contributed by atoms with E-state index in [0.29, 0.717) is 23.1 Å². The molecule has 2 heterocycles. The quantitative estimate of drug-likeness (QED) is 0.732. The number of nitrogens with two attached hydrogens (primary N) is 2. The van der Waals surface area contributed by atoms with E-state index in [4.69, 9.17) is 11.5 Å². The van der Waals surface area contributed by atoms with Crippen molar-refractivity contribution < 1.29 is 0 Å². The van der Waals surface area contributed by atoms with Crippen LogP contribution in [0.3, 0.4) is 0 Å². The number of nitrogen functional groups attached to an aromatic ring is 2. The zero-order valence-corrected chi connectivity index (χ0v) is 16.4. The Balaban J connectivity index is 1.52. The van der Waals surface area contributed by atoms with Crippen molar-refractivity contribution in [1.82, 2.24) is 9.97 Å². The Morgan fingerprint density at radius 1 is 0.750 bits per heavy atom. The van der Waals surface area contributed by atoms with Gasteiger partial charge in [0.2, 0.25) is 5.95 Å². The van der Waals surface area contributed by atoms with Crippen molar-refractivity contribution in [2.45, 2.75) is 13.8 Å². The lowest BCUT2D eigenvalue weighted by atomic mass is 10.1. The molecule has 4 N–H and O–H groups in total. The molecule has 4 rings (SSSR count). The summed E-state index contributed by atoms with van der Waals surface area (Å²) in [7, 11) is 0. The predicted octanol–water partition coefficient (Wildman–Crippen LogP) is 3.25. The molecular formula is C22H26N6. The second kappa shape index (κ2) is 7.38. The van der Waals surface area contributed by atoms with Gasteiger partial charge in [0.15, 0.2) is 0 Å². The standard InChI is InChI=1S/C22H26N6/c1-15-6-8-17(9-7-15)19-20(23)25-22(26-21(19)24)28-12-10-27(11-13-28)18-5-3-4-16(2)14-18/h3-9,14H,10-13H2,1-2H3,(H4,23,24,25,26). The van der Waals surface area contributed by atoms with E-state index in [1.54, 1.807) is 0 Å². The van der Waals surface area contributed by atoms with Gasteiger partial charge in [0.25, 0.3) is 0 Å². The molecule has 2 aromatic carbocycles. The van der Waals surface area contributed by atoms with Crippen LogP contribution in [0, 0.1) is 13.8 Å². The van der Waals surface area contributed by atoms with E-state index in [1.807, 2.05) is 31.2 Å². The summed E-state index contributed by atoms with van der Waals surface area (Å²) in [6.45, 7) is 7.65. The van der Waals surface area contributed by atoms with Crippen molar-refractivity contribution in [1.29, 1.82) is 0 Å². The number of hydrogen-bond donors (Lipinski definition) is 2. The lowest BCUT2D eigenvalue weighted by molar-refractivity contribution is 0.641. The molecular weight excluding hydrogens is 348 g/mol. The van der Waals surface area contributed by atoms with E-state index in [0.717, 1.165) is 31.7 Å². The highest BCUT2D eigenvalue weighted by Gasteiger charge is 2.21. The van der Waals surface area contributed by atoms with Crippen molar-refractivity contribution in [3.63, 3.8) is 0 Å². The van der Waals surface area contributed by atoms with Gasteiger partial charge < -0.3 is 21.3 Å². The third-order valence-corrected chi connectivity index (χ3v) is 5.22. The van der Waals surface area contributed by atoms with Gasteiger partial charge in [-0.25, -0.2) is 0 Å². The molecule has 3 aromatic rings. The maximum absolute atomic E-state index is 6.27. The normalized spacial score (nSPS) is 14.4. The number of nitrogens with zero attached hydrogens (tertiary/aromatic N) is 4. The Bertz CT molecular complexity index is 952. The van der Waals surface area contributed by atoms with Crippen molar-refractivity contribution in [2.75, 3.05) is 47.4 Å². The Kier molecular flexibility index (Phi) is 4.77. The highest BCUT2D eigenvalue weighted by Crippen LogP contribution is 2.31. The predicted molar refractivity (Wildman–Crippen MR) is 117 cm³/mol. The lowest BCUT2D eigenvalue weighted by Gasteiger charge is -2.36. The van der Waals surface area contributed by atoms with Gasteiger partial charge in [-0.15, -0.1) is 0 Å².